The van der Waals surface area contributed by atoms with E-state index in [2.05, 4.69) is 0 Å². The van der Waals surface area contributed by atoms with E-state index in [-0.39, 0.29) is 5.76 Å². The number of nitrogens with zero attached hydrogens (tertiary/aromatic N) is 1. The molecule has 0 radical (unpaired) electrons. The Morgan fingerprint density at radius 1 is 0.707 bits per heavy atom. The molecule has 0 aliphatic carbocycles. The van der Waals surface area contributed by atoms with Crippen molar-refractivity contribution in [3.8, 4) is 6.07 Å². The summed E-state index contributed by atoms with van der Waals surface area (Å²) in [6.45, 7) is 5.61. The van der Waals surface area contributed by atoms with Crippen LogP contribution in [0.15, 0.2) is 11.8 Å². The molecule has 41 heavy (non-hydrogen) atoms. The lowest BCUT2D eigenvalue weighted by atomic mass is 9.97. The van der Waals surface area contributed by atoms with Crippen molar-refractivity contribution in [2.45, 2.75) is 90.6 Å². The number of hydrogen-bond acceptors (Lipinski definition) is 16. The van der Waals surface area contributed by atoms with E-state index in [1.807, 2.05) is 0 Å². The number of hydrogen-bond donors (Lipinski definition) is 0. The summed E-state index contributed by atoms with van der Waals surface area (Å²) in [6, 6.07) is 1.80. The highest BCUT2D eigenvalue weighted by Gasteiger charge is 2.54. The van der Waals surface area contributed by atoms with E-state index < -0.39 is 98.0 Å². The van der Waals surface area contributed by atoms with Gasteiger partial charge >= 0.3 is 35.8 Å². The van der Waals surface area contributed by atoms with Crippen LogP contribution in [-0.2, 0) is 71.4 Å². The molecule has 0 aromatic heterocycles. The first-order chi connectivity index (χ1) is 19.2. The Balaban J connectivity index is 2.57. The van der Waals surface area contributed by atoms with Crippen molar-refractivity contribution in [1.82, 2.24) is 0 Å². The highest BCUT2D eigenvalue weighted by atomic mass is 16.7. The van der Waals surface area contributed by atoms with E-state index in [0.717, 1.165) is 41.5 Å². The molecule has 2 heterocycles. The molecule has 0 amide bonds. The molecule has 1 saturated heterocycles. The molecule has 226 valence electrons. The Morgan fingerprint density at radius 3 is 1.71 bits per heavy atom. The number of rotatable bonds is 10. The predicted octanol–water partition coefficient (Wildman–Crippen LogP) is -0.244. The fourth-order valence-electron chi connectivity index (χ4n) is 3.94. The van der Waals surface area contributed by atoms with Gasteiger partial charge in [0.05, 0.1) is 0 Å². The summed E-state index contributed by atoms with van der Waals surface area (Å²) >= 11 is 0. The van der Waals surface area contributed by atoms with Crippen LogP contribution in [0.3, 0.4) is 0 Å². The van der Waals surface area contributed by atoms with Gasteiger partial charge in [0.1, 0.15) is 43.4 Å². The van der Waals surface area contributed by atoms with Gasteiger partial charge in [-0.05, 0) is 6.08 Å². The first-order valence-corrected chi connectivity index (χ1v) is 12.3. The van der Waals surface area contributed by atoms with Crippen molar-refractivity contribution >= 4 is 35.8 Å². The van der Waals surface area contributed by atoms with Crippen LogP contribution in [0.2, 0.25) is 0 Å². The molecular formula is C25H31NO15. The molecule has 0 bridgehead atoms. The topological polar surface area (TPSA) is 209 Å². The molecule has 16 heteroatoms. The Bertz CT molecular complexity index is 1100. The molecule has 2 aliphatic rings. The monoisotopic (exact) mass is 585 g/mol. The lowest BCUT2D eigenvalue weighted by Crippen LogP contribution is -2.63. The van der Waals surface area contributed by atoms with Crippen LogP contribution in [-0.4, -0.2) is 98.0 Å². The van der Waals surface area contributed by atoms with Crippen molar-refractivity contribution < 1.29 is 71.4 Å². The van der Waals surface area contributed by atoms with E-state index in [1.165, 1.54) is 6.08 Å². The maximum absolute atomic E-state index is 12.1. The molecule has 0 unspecified atom stereocenters. The van der Waals surface area contributed by atoms with Crippen LogP contribution in [0.4, 0.5) is 0 Å². The molecule has 0 aromatic carbocycles. The molecular weight excluding hydrogens is 554 g/mol. The fraction of sp³-hybridized carbons (Fsp3) is 0.640. The average molecular weight is 586 g/mol. The summed E-state index contributed by atoms with van der Waals surface area (Å²) < 4.78 is 48.8. The van der Waals surface area contributed by atoms with Gasteiger partial charge in [-0.2, -0.15) is 5.26 Å². The molecule has 0 saturated carbocycles. The Kier molecular flexibility index (Phi) is 12.2. The summed E-state index contributed by atoms with van der Waals surface area (Å²) in [7, 11) is 0. The molecule has 0 aromatic rings. The maximum atomic E-state index is 12.1. The second-order valence-corrected chi connectivity index (χ2v) is 8.82. The third kappa shape index (κ3) is 10.1. The van der Waals surface area contributed by atoms with E-state index in [9.17, 15) is 34.0 Å². The van der Waals surface area contributed by atoms with Crippen molar-refractivity contribution in [2.75, 3.05) is 13.2 Å². The molecule has 2 rings (SSSR count). The van der Waals surface area contributed by atoms with Gasteiger partial charge in [0.2, 0.25) is 6.10 Å². The maximum Gasteiger partial charge on any atom is 0.307 e. The van der Waals surface area contributed by atoms with Crippen molar-refractivity contribution in [3.63, 3.8) is 0 Å². The molecule has 0 spiro atoms. The zero-order valence-electron chi connectivity index (χ0n) is 23.2. The van der Waals surface area contributed by atoms with Crippen molar-refractivity contribution in [1.29, 1.82) is 5.26 Å². The summed E-state index contributed by atoms with van der Waals surface area (Å²) in [5.74, 6) is -4.93. The van der Waals surface area contributed by atoms with Crippen molar-refractivity contribution in [2.24, 2.45) is 0 Å². The standard InChI is InChI=1S/C25H31NO15/c1-11(27)33-9-20-18(7-17(35-13(3)29)19(8-26)39-20)40-25-24(38-16(6)32)23(37-15(5)31)22(36-14(4)30)21(41-25)10-34-12(2)28/h7,18-25H,9-10H2,1-6H3/t18-,19+,20+,21+,22+,23-,24+,25+/m0/s1. The predicted molar refractivity (Wildman–Crippen MR) is 128 cm³/mol. The van der Waals surface area contributed by atoms with Crippen LogP contribution >= 0.6 is 0 Å². The summed E-state index contributed by atoms with van der Waals surface area (Å²) in [5.41, 5.74) is 0. The minimum absolute atomic E-state index is 0.241. The second kappa shape index (κ2) is 15.1. The Hall–Kier alpha value is -4.07. The van der Waals surface area contributed by atoms with E-state index in [1.54, 1.807) is 6.07 Å². The van der Waals surface area contributed by atoms with Gasteiger partial charge in [0.25, 0.3) is 0 Å². The van der Waals surface area contributed by atoms with E-state index in [4.69, 9.17) is 42.6 Å². The average Bonchev–Trinajstić information content (AvgIpc) is 2.84. The van der Waals surface area contributed by atoms with Crippen molar-refractivity contribution in [3.05, 3.63) is 11.8 Å². The van der Waals surface area contributed by atoms with Gasteiger partial charge in [-0.25, -0.2) is 0 Å². The second-order valence-electron chi connectivity index (χ2n) is 8.82. The van der Waals surface area contributed by atoms with Gasteiger partial charge in [0.15, 0.2) is 24.6 Å². The van der Waals surface area contributed by atoms with Gasteiger partial charge in [0, 0.05) is 41.5 Å². The number of ether oxygens (including phenoxy) is 9. The minimum atomic E-state index is -1.63. The summed E-state index contributed by atoms with van der Waals surface area (Å²) in [6.07, 6.45) is -10.1. The van der Waals surface area contributed by atoms with Crippen LogP contribution in [0.25, 0.3) is 0 Å². The first-order valence-electron chi connectivity index (χ1n) is 12.3. The number of carbonyl (C=O) groups is 6. The highest BCUT2D eigenvalue weighted by Crippen LogP contribution is 2.33. The van der Waals surface area contributed by atoms with E-state index in [0.29, 0.717) is 0 Å². The summed E-state index contributed by atoms with van der Waals surface area (Å²) in [4.78, 5) is 70.6. The molecule has 16 nitrogen and oxygen atoms in total. The molecule has 1 fully saturated rings. The first kappa shape index (κ1) is 33.1. The lowest BCUT2D eigenvalue weighted by molar-refractivity contribution is -0.321. The van der Waals surface area contributed by atoms with Gasteiger partial charge < -0.3 is 42.6 Å². The third-order valence-corrected chi connectivity index (χ3v) is 5.33. The molecule has 0 N–H and O–H groups in total. The van der Waals surface area contributed by atoms with Gasteiger partial charge in [-0.3, -0.25) is 28.8 Å². The van der Waals surface area contributed by atoms with Crippen LogP contribution in [0.5, 0.6) is 0 Å². The zero-order chi connectivity index (χ0) is 30.9. The number of carbonyl (C=O) groups excluding carboxylic acids is 6. The minimum Gasteiger partial charge on any atom is -0.463 e. The largest absolute Gasteiger partial charge is 0.463 e. The smallest absolute Gasteiger partial charge is 0.307 e. The fourth-order valence-corrected chi connectivity index (χ4v) is 3.94. The number of nitriles is 1. The normalized spacial score (nSPS) is 29.0. The van der Waals surface area contributed by atoms with Crippen LogP contribution in [0.1, 0.15) is 41.5 Å². The quantitative estimate of drug-likeness (QED) is 0.239. The Labute approximate surface area is 234 Å². The lowest BCUT2D eigenvalue weighted by Gasteiger charge is -2.45. The number of esters is 6. The Morgan fingerprint density at radius 2 is 1.22 bits per heavy atom. The highest BCUT2D eigenvalue weighted by molar-refractivity contribution is 5.69. The van der Waals surface area contributed by atoms with Crippen LogP contribution < -0.4 is 0 Å². The molecule has 2 aliphatic heterocycles. The zero-order valence-corrected chi connectivity index (χ0v) is 23.2. The SMILES string of the molecule is CC(=O)OC[C@H]1O[C@@H](O[C@H]2C=C(OC(C)=O)[C@@H](C#N)O[C@@H]2COC(C)=O)[C@H](OC(C)=O)[C@@H](OC(C)=O)[C@@H]1OC(C)=O. The van der Waals surface area contributed by atoms with E-state index >= 15 is 0 Å². The molecule has 8 atom stereocenters. The third-order valence-electron chi connectivity index (χ3n) is 5.33. The van der Waals surface area contributed by atoms with Crippen LogP contribution in [0, 0.1) is 11.3 Å². The summed E-state index contributed by atoms with van der Waals surface area (Å²) in [5, 5.41) is 9.51. The van der Waals surface area contributed by atoms with Gasteiger partial charge in [-0.15, -0.1) is 0 Å². The van der Waals surface area contributed by atoms with Gasteiger partial charge in [-0.1, -0.05) is 0 Å².